The van der Waals surface area contributed by atoms with Gasteiger partial charge in [-0.2, -0.15) is 4.98 Å². The van der Waals surface area contributed by atoms with Crippen LogP contribution in [0.1, 0.15) is 18.9 Å². The van der Waals surface area contributed by atoms with Gasteiger partial charge in [-0.25, -0.2) is 0 Å². The number of nitrogens with two attached hydrogens (primary N) is 1. The molecule has 0 bridgehead atoms. The molecule has 3 aromatic rings. The number of fused-ring (bicyclic) bond motifs is 1. The summed E-state index contributed by atoms with van der Waals surface area (Å²) >= 11 is 0. The zero-order chi connectivity index (χ0) is 14.1. The molecule has 1 aromatic heterocycles. The molecule has 2 aromatic carbocycles. The second-order valence-corrected chi connectivity index (χ2v) is 4.78. The van der Waals surface area contributed by atoms with Crippen LogP contribution in [-0.2, 0) is 0 Å². The monoisotopic (exact) mass is 269 g/mol. The van der Waals surface area contributed by atoms with Crippen molar-refractivity contribution in [2.75, 3.05) is 0 Å². The highest BCUT2D eigenvalue weighted by Gasteiger charge is 2.19. The zero-order valence-electron chi connectivity index (χ0n) is 11.0. The Morgan fingerprint density at radius 1 is 1.15 bits per heavy atom. The van der Waals surface area contributed by atoms with E-state index in [4.69, 9.17) is 10.3 Å². The maximum absolute atomic E-state index is 9.44. The molecule has 3 N–H and O–H groups in total. The van der Waals surface area contributed by atoms with Crippen LogP contribution < -0.4 is 5.73 Å². The Labute approximate surface area is 116 Å². The van der Waals surface area contributed by atoms with Crippen molar-refractivity contribution in [3.8, 4) is 11.4 Å². The molecule has 0 amide bonds. The third-order valence-corrected chi connectivity index (χ3v) is 3.25. The average molecular weight is 269 g/mol. The van der Waals surface area contributed by atoms with Gasteiger partial charge in [0.2, 0.25) is 11.7 Å². The fourth-order valence-corrected chi connectivity index (χ4v) is 2.02. The van der Waals surface area contributed by atoms with Gasteiger partial charge in [0.1, 0.15) is 6.04 Å². The van der Waals surface area contributed by atoms with Gasteiger partial charge in [0.15, 0.2) is 0 Å². The van der Waals surface area contributed by atoms with Crippen LogP contribution >= 0.6 is 0 Å². The molecule has 0 fully saturated rings. The highest BCUT2D eigenvalue weighted by atomic mass is 16.5. The lowest BCUT2D eigenvalue weighted by molar-refractivity contribution is 0.146. The van der Waals surface area contributed by atoms with Gasteiger partial charge >= 0.3 is 0 Å². The predicted octanol–water partition coefficient (Wildman–Crippen LogP) is 2.27. The predicted molar refractivity (Wildman–Crippen MR) is 75.8 cm³/mol. The third-order valence-electron chi connectivity index (χ3n) is 3.25. The molecule has 3 rings (SSSR count). The molecule has 0 spiro atoms. The van der Waals surface area contributed by atoms with Crippen molar-refractivity contribution in [1.82, 2.24) is 10.1 Å². The van der Waals surface area contributed by atoms with E-state index in [-0.39, 0.29) is 5.89 Å². The van der Waals surface area contributed by atoms with E-state index in [0.717, 1.165) is 16.3 Å². The normalized spacial score (nSPS) is 14.3. The van der Waals surface area contributed by atoms with Crippen LogP contribution in [0.2, 0.25) is 0 Å². The number of nitrogens with zero attached hydrogens (tertiary/aromatic N) is 2. The highest BCUT2D eigenvalue weighted by Crippen LogP contribution is 2.23. The van der Waals surface area contributed by atoms with Gasteiger partial charge in [0.25, 0.3) is 0 Å². The summed E-state index contributed by atoms with van der Waals surface area (Å²) < 4.78 is 5.11. The number of hydrogen-bond donors (Lipinski definition) is 2. The number of hydrogen-bond acceptors (Lipinski definition) is 5. The Morgan fingerprint density at radius 2 is 1.90 bits per heavy atom. The summed E-state index contributed by atoms with van der Waals surface area (Å²) in [5.74, 6) is 0.713. The van der Waals surface area contributed by atoms with Crippen LogP contribution in [0.3, 0.4) is 0 Å². The molecule has 5 heteroatoms. The largest absolute Gasteiger partial charge is 0.391 e. The van der Waals surface area contributed by atoms with Crippen molar-refractivity contribution in [3.05, 3.63) is 48.4 Å². The summed E-state index contributed by atoms with van der Waals surface area (Å²) in [7, 11) is 0. The van der Waals surface area contributed by atoms with E-state index in [0.29, 0.717) is 5.82 Å². The molecule has 0 saturated carbocycles. The quantitative estimate of drug-likeness (QED) is 0.761. The van der Waals surface area contributed by atoms with Gasteiger partial charge < -0.3 is 15.4 Å². The molecular weight excluding hydrogens is 254 g/mol. The fourth-order valence-electron chi connectivity index (χ4n) is 2.02. The highest BCUT2D eigenvalue weighted by molar-refractivity contribution is 5.86. The molecule has 0 saturated heterocycles. The number of benzene rings is 2. The Hall–Kier alpha value is -2.24. The minimum absolute atomic E-state index is 0.239. The van der Waals surface area contributed by atoms with Crippen molar-refractivity contribution in [1.29, 1.82) is 0 Å². The molecule has 2 atom stereocenters. The molecule has 1 heterocycles. The fraction of sp³-hybridized carbons (Fsp3) is 0.200. The van der Waals surface area contributed by atoms with Crippen LogP contribution in [0.5, 0.6) is 0 Å². The lowest BCUT2D eigenvalue weighted by Gasteiger charge is -2.08. The van der Waals surface area contributed by atoms with Crippen molar-refractivity contribution in [2.45, 2.75) is 19.1 Å². The maximum atomic E-state index is 9.44. The van der Waals surface area contributed by atoms with Gasteiger partial charge in [0, 0.05) is 5.56 Å². The minimum atomic E-state index is -0.736. The lowest BCUT2D eigenvalue weighted by atomic mass is 10.1. The molecule has 5 nitrogen and oxygen atoms in total. The SMILES string of the molecule is C[C@@H](O)[C@H](N)c1nc(-c2ccc3ccccc3c2)no1. The number of rotatable bonds is 3. The van der Waals surface area contributed by atoms with Crippen LogP contribution in [0.15, 0.2) is 47.0 Å². The summed E-state index contributed by atoms with van der Waals surface area (Å²) in [6.45, 7) is 1.59. The van der Waals surface area contributed by atoms with E-state index in [2.05, 4.69) is 10.1 Å². The summed E-state index contributed by atoms with van der Waals surface area (Å²) in [6.07, 6.45) is -0.736. The second kappa shape index (κ2) is 5.03. The molecule has 0 aliphatic carbocycles. The van der Waals surface area contributed by atoms with E-state index in [9.17, 15) is 5.11 Å². The molecule has 102 valence electrons. The van der Waals surface area contributed by atoms with Gasteiger partial charge in [-0.15, -0.1) is 0 Å². The van der Waals surface area contributed by atoms with Crippen molar-refractivity contribution in [2.24, 2.45) is 5.73 Å². The zero-order valence-corrected chi connectivity index (χ0v) is 11.0. The van der Waals surface area contributed by atoms with Crippen LogP contribution in [-0.4, -0.2) is 21.4 Å². The second-order valence-electron chi connectivity index (χ2n) is 4.78. The lowest BCUT2D eigenvalue weighted by Crippen LogP contribution is -2.23. The molecular formula is C15H15N3O2. The summed E-state index contributed by atoms with van der Waals surface area (Å²) in [4.78, 5) is 4.25. The van der Waals surface area contributed by atoms with Gasteiger partial charge in [0.05, 0.1) is 6.10 Å². The molecule has 0 aliphatic rings. The summed E-state index contributed by atoms with van der Waals surface area (Å²) in [6, 6.07) is 13.3. The minimum Gasteiger partial charge on any atom is -0.391 e. The first kappa shape index (κ1) is 12.8. The Balaban J connectivity index is 1.99. The Bertz CT molecular complexity index is 737. The standard InChI is InChI=1S/C15H15N3O2/c1-9(19)13(16)15-17-14(18-20-15)12-7-6-10-4-2-3-5-11(10)8-12/h2-9,13,19H,16H2,1H3/t9-,13+/m1/s1. The molecule has 0 aliphatic heterocycles. The molecule has 20 heavy (non-hydrogen) atoms. The van der Waals surface area contributed by atoms with E-state index in [1.807, 2.05) is 42.5 Å². The number of aliphatic hydroxyl groups excluding tert-OH is 1. The Kier molecular flexibility index (Phi) is 3.22. The van der Waals surface area contributed by atoms with Crippen molar-refractivity contribution >= 4 is 10.8 Å². The summed E-state index contributed by atoms with van der Waals surface area (Å²) in [5.41, 5.74) is 6.63. The smallest absolute Gasteiger partial charge is 0.246 e. The van der Waals surface area contributed by atoms with E-state index in [1.165, 1.54) is 0 Å². The van der Waals surface area contributed by atoms with E-state index >= 15 is 0 Å². The van der Waals surface area contributed by atoms with Gasteiger partial charge in [-0.05, 0) is 23.8 Å². The van der Waals surface area contributed by atoms with E-state index < -0.39 is 12.1 Å². The number of aromatic nitrogens is 2. The maximum Gasteiger partial charge on any atom is 0.246 e. The van der Waals surface area contributed by atoms with Crippen molar-refractivity contribution < 1.29 is 9.63 Å². The van der Waals surface area contributed by atoms with Crippen LogP contribution in [0.25, 0.3) is 22.2 Å². The van der Waals surface area contributed by atoms with Crippen LogP contribution in [0.4, 0.5) is 0 Å². The summed E-state index contributed by atoms with van der Waals surface area (Å²) in [5, 5.41) is 15.6. The van der Waals surface area contributed by atoms with Gasteiger partial charge in [-0.1, -0.05) is 41.6 Å². The third kappa shape index (κ3) is 2.29. The van der Waals surface area contributed by atoms with Crippen molar-refractivity contribution in [3.63, 3.8) is 0 Å². The van der Waals surface area contributed by atoms with Gasteiger partial charge in [-0.3, -0.25) is 0 Å². The Morgan fingerprint density at radius 3 is 2.65 bits per heavy atom. The first-order chi connectivity index (χ1) is 9.65. The average Bonchev–Trinajstić information content (AvgIpc) is 2.95. The first-order valence-electron chi connectivity index (χ1n) is 6.41. The first-order valence-corrected chi connectivity index (χ1v) is 6.41. The topological polar surface area (TPSA) is 85.2 Å². The number of aliphatic hydroxyl groups is 1. The van der Waals surface area contributed by atoms with E-state index in [1.54, 1.807) is 6.92 Å². The molecule has 0 radical (unpaired) electrons. The van der Waals surface area contributed by atoms with Crippen LogP contribution in [0, 0.1) is 0 Å². The molecule has 0 unspecified atom stereocenters.